The quantitative estimate of drug-likeness (QED) is 0.546. The number of carbonyl (C=O) groups excluding carboxylic acids is 1. The number of likely N-dealkylation sites (tertiary alicyclic amines) is 1. The molecule has 1 unspecified atom stereocenters. The van der Waals surface area contributed by atoms with Crippen LogP contribution in [0.2, 0.25) is 0 Å². The maximum atomic E-state index is 11.8. The Morgan fingerprint density at radius 2 is 1.95 bits per heavy atom. The molecular formula is C12H22N2O5. The number of nitrogens with one attached hydrogen (secondary N) is 1. The van der Waals surface area contributed by atoms with Gasteiger partial charge in [-0.2, -0.15) is 0 Å². The fourth-order valence-electron chi connectivity index (χ4n) is 2.08. The van der Waals surface area contributed by atoms with Gasteiger partial charge in [0.25, 0.3) is 0 Å². The second kappa shape index (κ2) is 6.72. The van der Waals surface area contributed by atoms with Crippen LogP contribution in [0.3, 0.4) is 0 Å². The van der Waals surface area contributed by atoms with Crippen LogP contribution in [0.4, 0.5) is 4.79 Å². The zero-order valence-corrected chi connectivity index (χ0v) is 11.1. The normalized spacial score (nSPS) is 19.8. The summed E-state index contributed by atoms with van der Waals surface area (Å²) in [5.74, 6) is -0.859. The van der Waals surface area contributed by atoms with E-state index in [-0.39, 0.29) is 25.1 Å². The van der Waals surface area contributed by atoms with Gasteiger partial charge in [0.15, 0.2) is 0 Å². The van der Waals surface area contributed by atoms with E-state index in [0.29, 0.717) is 13.1 Å². The van der Waals surface area contributed by atoms with Gasteiger partial charge >= 0.3 is 12.0 Å². The van der Waals surface area contributed by atoms with Crippen LogP contribution >= 0.6 is 0 Å². The summed E-state index contributed by atoms with van der Waals surface area (Å²) in [6, 6.07) is -0.304. The molecule has 1 heterocycles. The number of aliphatic carboxylic acids is 1. The predicted octanol–water partition coefficient (Wildman–Crippen LogP) is -0.374. The van der Waals surface area contributed by atoms with E-state index < -0.39 is 18.0 Å². The highest BCUT2D eigenvalue weighted by atomic mass is 16.4. The van der Waals surface area contributed by atoms with Crippen LogP contribution in [-0.2, 0) is 4.79 Å². The average molecular weight is 274 g/mol. The first-order chi connectivity index (χ1) is 8.84. The summed E-state index contributed by atoms with van der Waals surface area (Å²) in [6.45, 7) is 2.55. The number of hydrogen-bond donors (Lipinski definition) is 4. The van der Waals surface area contributed by atoms with Crippen LogP contribution in [0.1, 0.15) is 26.2 Å². The molecule has 7 nitrogen and oxygen atoms in total. The topological polar surface area (TPSA) is 110 Å². The number of carboxylic acid groups (broad SMARTS) is 1. The summed E-state index contributed by atoms with van der Waals surface area (Å²) in [5, 5.41) is 29.9. The van der Waals surface area contributed by atoms with Crippen molar-refractivity contribution in [2.75, 3.05) is 26.2 Å². The van der Waals surface area contributed by atoms with E-state index >= 15 is 0 Å². The first kappa shape index (κ1) is 15.7. The standard InChI is InChI=1S/C12H22N2O5/c1-12(19,6-10(16)17)8-13-11(18)14-4-2-9(7-15)3-5-14/h9,15,19H,2-8H2,1H3,(H,13,18)(H,16,17). The van der Waals surface area contributed by atoms with Gasteiger partial charge in [0, 0.05) is 26.2 Å². The number of amides is 2. The molecule has 0 saturated carbocycles. The van der Waals surface area contributed by atoms with E-state index in [1.165, 1.54) is 6.92 Å². The van der Waals surface area contributed by atoms with Crippen molar-refractivity contribution in [3.05, 3.63) is 0 Å². The summed E-state index contributed by atoms with van der Waals surface area (Å²) in [6.07, 6.45) is 1.10. The largest absolute Gasteiger partial charge is 0.481 e. The van der Waals surface area contributed by atoms with Crippen LogP contribution in [0.25, 0.3) is 0 Å². The molecule has 0 aromatic carbocycles. The number of carbonyl (C=O) groups is 2. The molecule has 4 N–H and O–H groups in total. The van der Waals surface area contributed by atoms with Crippen molar-refractivity contribution < 1.29 is 24.9 Å². The molecule has 1 aliphatic rings. The third-order valence-corrected chi connectivity index (χ3v) is 3.31. The summed E-state index contributed by atoms with van der Waals surface area (Å²) in [5.41, 5.74) is -1.45. The molecule has 1 saturated heterocycles. The Hall–Kier alpha value is -1.34. The summed E-state index contributed by atoms with van der Waals surface area (Å²) in [4.78, 5) is 24.0. The molecule has 0 aromatic heterocycles. The van der Waals surface area contributed by atoms with Gasteiger partial charge in [-0.3, -0.25) is 4.79 Å². The molecule has 0 bridgehead atoms. The minimum Gasteiger partial charge on any atom is -0.481 e. The van der Waals surface area contributed by atoms with Crippen LogP contribution in [0.5, 0.6) is 0 Å². The SMILES string of the molecule is CC(O)(CNC(=O)N1CCC(CO)CC1)CC(=O)O. The lowest BCUT2D eigenvalue weighted by atomic mass is 9.98. The van der Waals surface area contributed by atoms with Gasteiger partial charge in [0.1, 0.15) is 0 Å². The van der Waals surface area contributed by atoms with Gasteiger partial charge in [0.05, 0.1) is 12.0 Å². The van der Waals surface area contributed by atoms with Gasteiger partial charge in [-0.25, -0.2) is 4.79 Å². The van der Waals surface area contributed by atoms with Gasteiger partial charge in [-0.05, 0) is 25.7 Å². The highest BCUT2D eigenvalue weighted by Crippen LogP contribution is 2.16. The second-order valence-electron chi connectivity index (χ2n) is 5.34. The lowest BCUT2D eigenvalue weighted by Crippen LogP contribution is -2.49. The zero-order chi connectivity index (χ0) is 14.5. The predicted molar refractivity (Wildman–Crippen MR) is 67.7 cm³/mol. The number of aliphatic hydroxyl groups is 2. The average Bonchev–Trinajstić information content (AvgIpc) is 2.34. The van der Waals surface area contributed by atoms with Crippen LogP contribution in [0, 0.1) is 5.92 Å². The molecule has 1 rings (SSSR count). The Labute approximate surface area is 112 Å². The lowest BCUT2D eigenvalue weighted by molar-refractivity contribution is -0.141. The molecule has 7 heteroatoms. The van der Waals surface area contributed by atoms with E-state index in [4.69, 9.17) is 10.2 Å². The molecule has 0 aliphatic carbocycles. The lowest BCUT2D eigenvalue weighted by Gasteiger charge is -2.32. The molecule has 110 valence electrons. The zero-order valence-electron chi connectivity index (χ0n) is 11.1. The number of carboxylic acids is 1. The number of urea groups is 1. The van der Waals surface area contributed by atoms with E-state index in [1.807, 2.05) is 0 Å². The molecule has 0 radical (unpaired) electrons. The number of nitrogens with zero attached hydrogens (tertiary/aromatic N) is 1. The summed E-state index contributed by atoms with van der Waals surface area (Å²) in [7, 11) is 0. The fourth-order valence-corrected chi connectivity index (χ4v) is 2.08. The minimum atomic E-state index is -1.45. The van der Waals surface area contributed by atoms with E-state index in [1.54, 1.807) is 4.90 Å². The Balaban J connectivity index is 2.33. The smallest absolute Gasteiger partial charge is 0.317 e. The van der Waals surface area contributed by atoms with Gasteiger partial charge in [-0.1, -0.05) is 0 Å². The second-order valence-corrected chi connectivity index (χ2v) is 5.34. The van der Waals surface area contributed by atoms with Crippen molar-refractivity contribution in [3.63, 3.8) is 0 Å². The molecule has 1 fully saturated rings. The van der Waals surface area contributed by atoms with Gasteiger partial charge < -0.3 is 25.5 Å². The summed E-state index contributed by atoms with van der Waals surface area (Å²) < 4.78 is 0. The molecule has 0 spiro atoms. The van der Waals surface area contributed by atoms with Crippen molar-refractivity contribution in [2.24, 2.45) is 5.92 Å². The van der Waals surface area contributed by atoms with Crippen LogP contribution < -0.4 is 5.32 Å². The number of piperidine rings is 1. The van der Waals surface area contributed by atoms with Crippen LogP contribution in [-0.4, -0.2) is 64.1 Å². The molecule has 19 heavy (non-hydrogen) atoms. The highest BCUT2D eigenvalue weighted by Gasteiger charge is 2.27. The Kier molecular flexibility index (Phi) is 5.56. The van der Waals surface area contributed by atoms with Crippen molar-refractivity contribution in [3.8, 4) is 0 Å². The third-order valence-electron chi connectivity index (χ3n) is 3.31. The summed E-state index contributed by atoms with van der Waals surface area (Å²) >= 11 is 0. The maximum Gasteiger partial charge on any atom is 0.317 e. The van der Waals surface area contributed by atoms with Crippen molar-refractivity contribution in [1.29, 1.82) is 0 Å². The van der Waals surface area contributed by atoms with E-state index in [0.717, 1.165) is 12.8 Å². The fraction of sp³-hybridized carbons (Fsp3) is 0.833. The number of aliphatic hydroxyl groups excluding tert-OH is 1. The molecule has 1 atom stereocenters. The van der Waals surface area contributed by atoms with Crippen molar-refractivity contribution >= 4 is 12.0 Å². The van der Waals surface area contributed by atoms with E-state index in [9.17, 15) is 14.7 Å². The maximum absolute atomic E-state index is 11.8. The van der Waals surface area contributed by atoms with E-state index in [2.05, 4.69) is 5.32 Å². The Bertz CT molecular complexity index is 324. The van der Waals surface area contributed by atoms with Gasteiger partial charge in [-0.15, -0.1) is 0 Å². The molecule has 0 aromatic rings. The number of rotatable bonds is 5. The Morgan fingerprint density at radius 3 is 2.42 bits per heavy atom. The molecular weight excluding hydrogens is 252 g/mol. The number of hydrogen-bond acceptors (Lipinski definition) is 4. The van der Waals surface area contributed by atoms with Crippen molar-refractivity contribution in [2.45, 2.75) is 31.8 Å². The molecule has 2 amide bonds. The first-order valence-corrected chi connectivity index (χ1v) is 6.42. The Morgan fingerprint density at radius 1 is 1.37 bits per heavy atom. The third kappa shape index (κ3) is 5.44. The first-order valence-electron chi connectivity index (χ1n) is 6.42. The van der Waals surface area contributed by atoms with Crippen molar-refractivity contribution in [1.82, 2.24) is 10.2 Å². The van der Waals surface area contributed by atoms with Crippen LogP contribution in [0.15, 0.2) is 0 Å². The monoisotopic (exact) mass is 274 g/mol. The minimum absolute atomic E-state index is 0.0991. The molecule has 1 aliphatic heterocycles. The van der Waals surface area contributed by atoms with Gasteiger partial charge in [0.2, 0.25) is 0 Å². The highest BCUT2D eigenvalue weighted by molar-refractivity contribution is 5.74.